The van der Waals surface area contributed by atoms with Crippen LogP contribution in [0.2, 0.25) is 0 Å². The van der Waals surface area contributed by atoms with Gasteiger partial charge in [0.15, 0.2) is 0 Å². The first-order valence-corrected chi connectivity index (χ1v) is 7.31. The number of nitrogens with two attached hydrogens (primary N) is 1. The Balaban J connectivity index is 2.07. The first-order valence-electron chi connectivity index (χ1n) is 6.52. The van der Waals surface area contributed by atoms with E-state index in [9.17, 15) is 4.39 Å². The molecule has 2 rings (SSSR count). The topological polar surface area (TPSA) is 38.0 Å². The summed E-state index contributed by atoms with van der Waals surface area (Å²) in [7, 11) is 0. The zero-order chi connectivity index (χ0) is 13.1. The molecule has 3 N–H and O–H groups in total. The van der Waals surface area contributed by atoms with E-state index in [1.54, 1.807) is 0 Å². The number of hydrogen-bond acceptors (Lipinski definition) is 2. The number of hydrazine groups is 1. The molecule has 3 atom stereocenters. The van der Waals surface area contributed by atoms with Gasteiger partial charge in [0.2, 0.25) is 0 Å². The highest BCUT2D eigenvalue weighted by molar-refractivity contribution is 9.10. The van der Waals surface area contributed by atoms with Gasteiger partial charge in [-0.05, 0) is 58.3 Å². The molecule has 1 aliphatic rings. The highest BCUT2D eigenvalue weighted by Crippen LogP contribution is 2.34. The van der Waals surface area contributed by atoms with Crippen molar-refractivity contribution in [1.29, 1.82) is 0 Å². The highest BCUT2D eigenvalue weighted by atomic mass is 79.9. The Kier molecular flexibility index (Phi) is 4.76. The lowest BCUT2D eigenvalue weighted by atomic mass is 9.87. The standard InChI is InChI=1S/C14H20BrFN2/c1-9-3-2-4-11(9)14(18-17)8-10-5-6-13(16)12(15)7-10/h5-7,9,11,14,18H,2-4,8,17H2,1H3. The molecule has 1 aromatic carbocycles. The minimum Gasteiger partial charge on any atom is -0.271 e. The van der Waals surface area contributed by atoms with Crippen LogP contribution in [0.15, 0.2) is 22.7 Å². The molecule has 100 valence electrons. The van der Waals surface area contributed by atoms with Crippen molar-refractivity contribution in [3.63, 3.8) is 0 Å². The van der Waals surface area contributed by atoms with E-state index in [4.69, 9.17) is 5.84 Å². The highest BCUT2D eigenvalue weighted by Gasteiger charge is 2.30. The van der Waals surface area contributed by atoms with Crippen molar-refractivity contribution >= 4 is 15.9 Å². The van der Waals surface area contributed by atoms with Gasteiger partial charge in [-0.15, -0.1) is 0 Å². The molecule has 0 saturated heterocycles. The first-order chi connectivity index (χ1) is 8.61. The fraction of sp³-hybridized carbons (Fsp3) is 0.571. The van der Waals surface area contributed by atoms with Gasteiger partial charge >= 0.3 is 0 Å². The van der Waals surface area contributed by atoms with Crippen molar-refractivity contribution in [3.05, 3.63) is 34.1 Å². The van der Waals surface area contributed by atoms with Crippen molar-refractivity contribution in [1.82, 2.24) is 5.43 Å². The minimum atomic E-state index is -0.217. The third-order valence-corrected chi connectivity index (χ3v) is 4.71. The van der Waals surface area contributed by atoms with Gasteiger partial charge in [-0.1, -0.05) is 25.8 Å². The molecular weight excluding hydrogens is 295 g/mol. The van der Waals surface area contributed by atoms with Gasteiger partial charge in [-0.2, -0.15) is 0 Å². The predicted octanol–water partition coefficient (Wildman–Crippen LogP) is 3.40. The van der Waals surface area contributed by atoms with Gasteiger partial charge < -0.3 is 0 Å². The van der Waals surface area contributed by atoms with Crippen LogP contribution in [0, 0.1) is 17.7 Å². The first kappa shape index (κ1) is 14.0. The van der Waals surface area contributed by atoms with Crippen LogP contribution in [0.5, 0.6) is 0 Å². The molecule has 0 bridgehead atoms. The quantitative estimate of drug-likeness (QED) is 0.660. The lowest BCUT2D eigenvalue weighted by Gasteiger charge is -2.26. The molecular formula is C14H20BrFN2. The predicted molar refractivity (Wildman–Crippen MR) is 75.4 cm³/mol. The summed E-state index contributed by atoms with van der Waals surface area (Å²) in [5.74, 6) is 6.82. The molecule has 4 heteroatoms. The molecule has 2 nitrogen and oxygen atoms in total. The van der Waals surface area contributed by atoms with Crippen LogP contribution in [0.25, 0.3) is 0 Å². The monoisotopic (exact) mass is 314 g/mol. The lowest BCUT2D eigenvalue weighted by Crippen LogP contribution is -2.43. The van der Waals surface area contributed by atoms with Crippen LogP contribution < -0.4 is 11.3 Å². The smallest absolute Gasteiger partial charge is 0.137 e. The number of nitrogens with one attached hydrogen (secondary N) is 1. The van der Waals surface area contributed by atoms with Crippen LogP contribution >= 0.6 is 15.9 Å². The van der Waals surface area contributed by atoms with E-state index in [1.807, 2.05) is 12.1 Å². The number of hydrogen-bond donors (Lipinski definition) is 2. The average molecular weight is 315 g/mol. The summed E-state index contributed by atoms with van der Waals surface area (Å²) in [6, 6.07) is 5.47. The molecule has 1 saturated carbocycles. The molecule has 1 aromatic rings. The minimum absolute atomic E-state index is 0.217. The zero-order valence-corrected chi connectivity index (χ0v) is 12.2. The van der Waals surface area contributed by atoms with Gasteiger partial charge in [0.05, 0.1) is 4.47 Å². The molecule has 18 heavy (non-hydrogen) atoms. The molecule has 0 heterocycles. The van der Waals surface area contributed by atoms with E-state index < -0.39 is 0 Å². The van der Waals surface area contributed by atoms with Gasteiger partial charge in [0.1, 0.15) is 5.82 Å². The molecule has 0 spiro atoms. The molecule has 1 aliphatic carbocycles. The van der Waals surface area contributed by atoms with E-state index in [1.165, 1.54) is 25.3 Å². The molecule has 0 aromatic heterocycles. The summed E-state index contributed by atoms with van der Waals surface area (Å²) in [4.78, 5) is 0. The van der Waals surface area contributed by atoms with E-state index in [0.717, 1.165) is 17.9 Å². The Morgan fingerprint density at radius 2 is 2.28 bits per heavy atom. The van der Waals surface area contributed by atoms with Crippen molar-refractivity contribution in [3.8, 4) is 0 Å². The van der Waals surface area contributed by atoms with Crippen LogP contribution in [0.1, 0.15) is 31.7 Å². The molecule has 0 amide bonds. The Hall–Kier alpha value is -0.450. The largest absolute Gasteiger partial charge is 0.271 e. The summed E-state index contributed by atoms with van der Waals surface area (Å²) in [5, 5.41) is 0. The Morgan fingerprint density at radius 1 is 1.50 bits per heavy atom. The maximum absolute atomic E-state index is 13.2. The summed E-state index contributed by atoms with van der Waals surface area (Å²) >= 11 is 3.23. The van der Waals surface area contributed by atoms with Gasteiger partial charge in [0, 0.05) is 6.04 Å². The normalized spacial score (nSPS) is 25.3. The van der Waals surface area contributed by atoms with E-state index in [-0.39, 0.29) is 11.9 Å². The van der Waals surface area contributed by atoms with Gasteiger partial charge in [-0.3, -0.25) is 11.3 Å². The second kappa shape index (κ2) is 6.13. The molecule has 3 unspecified atom stereocenters. The van der Waals surface area contributed by atoms with Crippen LogP contribution in [0.4, 0.5) is 4.39 Å². The number of halogens is 2. The van der Waals surface area contributed by atoms with Crippen molar-refractivity contribution < 1.29 is 4.39 Å². The molecule has 0 aliphatic heterocycles. The Labute approximate surface area is 116 Å². The SMILES string of the molecule is CC1CCCC1C(Cc1ccc(F)c(Br)c1)NN. The second-order valence-corrected chi connectivity index (χ2v) is 6.15. The van der Waals surface area contributed by atoms with Crippen LogP contribution in [-0.4, -0.2) is 6.04 Å². The fourth-order valence-corrected chi connectivity index (χ4v) is 3.45. The second-order valence-electron chi connectivity index (χ2n) is 5.30. The van der Waals surface area contributed by atoms with Crippen molar-refractivity contribution in [2.24, 2.45) is 17.7 Å². The van der Waals surface area contributed by atoms with Crippen LogP contribution in [0.3, 0.4) is 0 Å². The molecule has 1 fully saturated rings. The van der Waals surface area contributed by atoms with Crippen molar-refractivity contribution in [2.75, 3.05) is 0 Å². The van der Waals surface area contributed by atoms with E-state index >= 15 is 0 Å². The molecule has 0 radical (unpaired) electrons. The Bertz CT molecular complexity index is 411. The summed E-state index contributed by atoms with van der Waals surface area (Å²) in [5.41, 5.74) is 4.06. The summed E-state index contributed by atoms with van der Waals surface area (Å²) in [6.07, 6.45) is 4.66. The number of benzene rings is 1. The zero-order valence-electron chi connectivity index (χ0n) is 10.6. The van der Waals surface area contributed by atoms with Gasteiger partial charge in [0.25, 0.3) is 0 Å². The third kappa shape index (κ3) is 3.11. The Morgan fingerprint density at radius 3 is 2.83 bits per heavy atom. The average Bonchev–Trinajstić information content (AvgIpc) is 2.77. The van der Waals surface area contributed by atoms with Crippen LogP contribution in [-0.2, 0) is 6.42 Å². The van der Waals surface area contributed by atoms with Gasteiger partial charge in [-0.25, -0.2) is 4.39 Å². The fourth-order valence-electron chi connectivity index (χ4n) is 3.03. The van der Waals surface area contributed by atoms with E-state index in [2.05, 4.69) is 28.3 Å². The lowest BCUT2D eigenvalue weighted by molar-refractivity contribution is 0.297. The van der Waals surface area contributed by atoms with E-state index in [0.29, 0.717) is 10.4 Å². The summed E-state index contributed by atoms with van der Waals surface area (Å²) in [6.45, 7) is 2.29. The maximum Gasteiger partial charge on any atom is 0.137 e. The third-order valence-electron chi connectivity index (χ3n) is 4.10. The summed E-state index contributed by atoms with van der Waals surface area (Å²) < 4.78 is 13.7. The maximum atomic E-state index is 13.2. The van der Waals surface area contributed by atoms with Crippen molar-refractivity contribution in [2.45, 2.75) is 38.6 Å². The number of rotatable bonds is 4.